The Balaban J connectivity index is 2.18. The number of nitrogen functional groups attached to an aromatic ring is 1. The molecule has 0 spiro atoms. The zero-order valence-corrected chi connectivity index (χ0v) is 10.5. The van der Waals surface area contributed by atoms with E-state index in [-0.39, 0.29) is 5.91 Å². The van der Waals surface area contributed by atoms with Crippen LogP contribution in [0, 0.1) is 0 Å². The van der Waals surface area contributed by atoms with E-state index >= 15 is 0 Å². The van der Waals surface area contributed by atoms with Crippen molar-refractivity contribution in [2.75, 3.05) is 24.3 Å². The van der Waals surface area contributed by atoms with Gasteiger partial charge in [-0.15, -0.1) is 0 Å². The van der Waals surface area contributed by atoms with Crippen molar-refractivity contribution in [2.45, 2.75) is 12.2 Å². The number of thioether (sulfide) groups is 1. The van der Waals surface area contributed by atoms with Gasteiger partial charge in [-0.25, -0.2) is 0 Å². The van der Waals surface area contributed by atoms with Crippen LogP contribution in [-0.4, -0.2) is 39.9 Å². The minimum absolute atomic E-state index is 0.0208. The molecule has 1 atom stereocenters. The first kappa shape index (κ1) is 12.2. The lowest BCUT2D eigenvalue weighted by molar-refractivity contribution is 0.0764. The van der Waals surface area contributed by atoms with E-state index in [9.17, 15) is 4.79 Å². The molecule has 6 heteroatoms. The van der Waals surface area contributed by atoms with Crippen molar-refractivity contribution in [1.29, 1.82) is 0 Å². The number of anilines is 1. The monoisotopic (exact) mass is 252 g/mol. The Bertz CT molecular complexity index is 412. The number of hydrogen-bond acceptors (Lipinski definition) is 5. The fourth-order valence-electron chi connectivity index (χ4n) is 1.87. The van der Waals surface area contributed by atoms with Crippen LogP contribution < -0.4 is 11.3 Å². The summed E-state index contributed by atoms with van der Waals surface area (Å²) in [6.45, 7) is 3.72. The van der Waals surface area contributed by atoms with Crippen LogP contribution >= 0.6 is 11.8 Å². The molecule has 1 fully saturated rings. The number of hydrogen-bond donors (Lipinski definition) is 2. The minimum Gasteiger partial charge on any atom is -0.337 e. The summed E-state index contributed by atoms with van der Waals surface area (Å²) in [6.07, 6.45) is 3.17. The van der Waals surface area contributed by atoms with Crippen LogP contribution in [0.2, 0.25) is 0 Å². The predicted molar refractivity (Wildman–Crippen MR) is 69.9 cm³/mol. The lowest BCUT2D eigenvalue weighted by Gasteiger charge is -2.31. The van der Waals surface area contributed by atoms with Gasteiger partial charge in [0.05, 0.1) is 17.4 Å². The highest BCUT2D eigenvalue weighted by Crippen LogP contribution is 2.21. The number of carbonyl (C=O) groups is 1. The summed E-state index contributed by atoms with van der Waals surface area (Å²) in [5.41, 5.74) is 3.67. The normalized spacial score (nSPS) is 20.1. The first-order valence-electron chi connectivity index (χ1n) is 5.54. The molecule has 0 aliphatic carbocycles. The number of carbonyl (C=O) groups excluding carboxylic acids is 1. The molecule has 1 aliphatic rings. The number of pyridine rings is 1. The van der Waals surface area contributed by atoms with E-state index in [1.165, 1.54) is 0 Å². The minimum atomic E-state index is 0.0208. The lowest BCUT2D eigenvalue weighted by Crippen LogP contribution is -2.41. The van der Waals surface area contributed by atoms with Crippen molar-refractivity contribution in [3.63, 3.8) is 0 Å². The topological polar surface area (TPSA) is 71.2 Å². The summed E-state index contributed by atoms with van der Waals surface area (Å²) in [4.78, 5) is 18.1. The molecule has 2 heterocycles. The van der Waals surface area contributed by atoms with Gasteiger partial charge in [-0.2, -0.15) is 11.8 Å². The molecule has 1 aliphatic heterocycles. The molecular weight excluding hydrogens is 236 g/mol. The SMILES string of the molecule is CC1CN(C(=O)c2ccncc2NN)CCS1. The van der Waals surface area contributed by atoms with E-state index in [2.05, 4.69) is 17.3 Å². The Morgan fingerprint density at radius 3 is 3.24 bits per heavy atom. The highest BCUT2D eigenvalue weighted by molar-refractivity contribution is 7.99. The Morgan fingerprint density at radius 1 is 1.71 bits per heavy atom. The van der Waals surface area contributed by atoms with Gasteiger partial charge in [0.1, 0.15) is 0 Å². The first-order valence-corrected chi connectivity index (χ1v) is 6.58. The summed E-state index contributed by atoms with van der Waals surface area (Å²) in [5.74, 6) is 6.39. The maximum Gasteiger partial charge on any atom is 0.256 e. The maximum atomic E-state index is 12.3. The number of rotatable bonds is 2. The van der Waals surface area contributed by atoms with E-state index in [0.29, 0.717) is 16.5 Å². The lowest BCUT2D eigenvalue weighted by atomic mass is 10.2. The van der Waals surface area contributed by atoms with Crippen LogP contribution in [0.4, 0.5) is 5.69 Å². The molecule has 17 heavy (non-hydrogen) atoms. The molecule has 3 N–H and O–H groups in total. The zero-order valence-electron chi connectivity index (χ0n) is 9.72. The van der Waals surface area contributed by atoms with Crippen molar-refractivity contribution >= 4 is 23.4 Å². The van der Waals surface area contributed by atoms with Gasteiger partial charge in [0, 0.05) is 30.3 Å². The van der Waals surface area contributed by atoms with Crippen LogP contribution in [0.5, 0.6) is 0 Å². The summed E-state index contributed by atoms with van der Waals surface area (Å²) in [5, 5.41) is 0.490. The van der Waals surface area contributed by atoms with Gasteiger partial charge in [0.25, 0.3) is 5.91 Å². The van der Waals surface area contributed by atoms with Crippen molar-refractivity contribution in [3.05, 3.63) is 24.0 Å². The van der Waals surface area contributed by atoms with E-state index in [0.717, 1.165) is 18.8 Å². The van der Waals surface area contributed by atoms with Crippen molar-refractivity contribution in [1.82, 2.24) is 9.88 Å². The molecule has 2 rings (SSSR count). The third-order valence-electron chi connectivity index (χ3n) is 2.74. The smallest absolute Gasteiger partial charge is 0.256 e. The Kier molecular flexibility index (Phi) is 3.86. The summed E-state index contributed by atoms with van der Waals surface area (Å²) in [7, 11) is 0. The van der Waals surface area contributed by atoms with E-state index in [1.54, 1.807) is 18.5 Å². The Morgan fingerprint density at radius 2 is 2.53 bits per heavy atom. The summed E-state index contributed by atoms with van der Waals surface area (Å²) in [6, 6.07) is 1.70. The Labute approximate surface area is 105 Å². The van der Waals surface area contributed by atoms with Gasteiger partial charge >= 0.3 is 0 Å². The number of aromatic nitrogens is 1. The van der Waals surface area contributed by atoms with Crippen molar-refractivity contribution in [3.8, 4) is 0 Å². The van der Waals surface area contributed by atoms with Crippen LogP contribution in [0.15, 0.2) is 18.5 Å². The van der Waals surface area contributed by atoms with Crippen LogP contribution in [-0.2, 0) is 0 Å². The number of amides is 1. The van der Waals surface area contributed by atoms with Gasteiger partial charge in [-0.1, -0.05) is 6.92 Å². The maximum absolute atomic E-state index is 12.3. The van der Waals surface area contributed by atoms with Crippen LogP contribution in [0.25, 0.3) is 0 Å². The predicted octanol–water partition coefficient (Wildman–Crippen LogP) is 0.945. The second kappa shape index (κ2) is 5.37. The highest BCUT2D eigenvalue weighted by atomic mass is 32.2. The molecule has 92 valence electrons. The average Bonchev–Trinajstić information content (AvgIpc) is 2.38. The first-order chi connectivity index (χ1) is 8.22. The number of hydrazine groups is 1. The molecular formula is C11H16N4OS. The van der Waals surface area contributed by atoms with Gasteiger partial charge < -0.3 is 10.3 Å². The second-order valence-corrected chi connectivity index (χ2v) is 5.54. The fourth-order valence-corrected chi connectivity index (χ4v) is 2.88. The second-order valence-electron chi connectivity index (χ2n) is 4.00. The summed E-state index contributed by atoms with van der Waals surface area (Å²) >= 11 is 1.90. The molecule has 0 bridgehead atoms. The number of nitrogens with two attached hydrogens (primary N) is 1. The van der Waals surface area contributed by atoms with Gasteiger partial charge in [0.15, 0.2) is 0 Å². The zero-order chi connectivity index (χ0) is 12.3. The average molecular weight is 252 g/mol. The molecule has 1 amide bonds. The Hall–Kier alpha value is -1.27. The molecule has 0 aromatic carbocycles. The molecule has 0 radical (unpaired) electrons. The third kappa shape index (κ3) is 2.70. The van der Waals surface area contributed by atoms with E-state index in [1.807, 2.05) is 16.7 Å². The van der Waals surface area contributed by atoms with E-state index < -0.39 is 0 Å². The van der Waals surface area contributed by atoms with Crippen LogP contribution in [0.1, 0.15) is 17.3 Å². The molecule has 0 saturated carbocycles. The quantitative estimate of drug-likeness (QED) is 0.605. The molecule has 5 nitrogen and oxygen atoms in total. The van der Waals surface area contributed by atoms with Crippen molar-refractivity contribution < 1.29 is 4.79 Å². The molecule has 1 saturated heterocycles. The number of nitrogens with zero attached hydrogens (tertiary/aromatic N) is 2. The van der Waals surface area contributed by atoms with Crippen molar-refractivity contribution in [2.24, 2.45) is 5.84 Å². The standard InChI is InChI=1S/C11H16N4OS/c1-8-7-15(4-5-17-8)11(16)9-2-3-13-6-10(9)14-12/h2-3,6,8,14H,4-5,7,12H2,1H3. The highest BCUT2D eigenvalue weighted by Gasteiger charge is 2.23. The largest absolute Gasteiger partial charge is 0.337 e. The number of nitrogens with one attached hydrogen (secondary N) is 1. The molecule has 1 aromatic heterocycles. The van der Waals surface area contributed by atoms with Crippen LogP contribution in [0.3, 0.4) is 0 Å². The summed E-state index contributed by atoms with van der Waals surface area (Å²) < 4.78 is 0. The van der Waals surface area contributed by atoms with Gasteiger partial charge in [0.2, 0.25) is 0 Å². The molecule has 1 aromatic rings. The van der Waals surface area contributed by atoms with E-state index in [4.69, 9.17) is 5.84 Å². The molecule has 1 unspecified atom stereocenters. The van der Waals surface area contributed by atoms with Gasteiger partial charge in [-0.3, -0.25) is 15.6 Å². The fraction of sp³-hybridized carbons (Fsp3) is 0.455. The third-order valence-corrected chi connectivity index (χ3v) is 3.87. The van der Waals surface area contributed by atoms with Gasteiger partial charge in [-0.05, 0) is 6.07 Å².